The predicted molar refractivity (Wildman–Crippen MR) is 118 cm³/mol. The number of amides is 2. The molecule has 0 aromatic heterocycles. The SMILES string of the molecule is C[C@@H](NS(=O)(=O)c1ccc(CCC(=O)N2CCC(C(N)=O)CC2)cc1)c1ccccc1. The molecule has 0 bridgehead atoms. The molecule has 1 aliphatic rings. The molecule has 8 heteroatoms. The molecule has 0 spiro atoms. The van der Waals surface area contributed by atoms with Gasteiger partial charge in [0.15, 0.2) is 0 Å². The molecule has 0 saturated carbocycles. The van der Waals surface area contributed by atoms with Gasteiger partial charge in [-0.15, -0.1) is 0 Å². The van der Waals surface area contributed by atoms with Gasteiger partial charge in [-0.3, -0.25) is 9.59 Å². The number of nitrogens with zero attached hydrogens (tertiary/aromatic N) is 1. The summed E-state index contributed by atoms with van der Waals surface area (Å²) < 4.78 is 28.0. The van der Waals surface area contributed by atoms with E-state index in [1.807, 2.05) is 30.3 Å². The molecule has 1 aliphatic heterocycles. The average molecular weight is 444 g/mol. The van der Waals surface area contributed by atoms with E-state index in [0.29, 0.717) is 38.8 Å². The molecular formula is C23H29N3O4S. The van der Waals surface area contributed by atoms with Gasteiger partial charge >= 0.3 is 0 Å². The third kappa shape index (κ3) is 6.15. The molecule has 3 N–H and O–H groups in total. The molecule has 1 saturated heterocycles. The van der Waals surface area contributed by atoms with Crippen LogP contribution < -0.4 is 10.5 Å². The quantitative estimate of drug-likeness (QED) is 0.653. The number of sulfonamides is 1. The van der Waals surface area contributed by atoms with Crippen LogP contribution in [0.3, 0.4) is 0 Å². The van der Waals surface area contributed by atoms with E-state index in [0.717, 1.165) is 11.1 Å². The van der Waals surface area contributed by atoms with Crippen LogP contribution in [0.2, 0.25) is 0 Å². The molecule has 166 valence electrons. The molecule has 2 amide bonds. The van der Waals surface area contributed by atoms with Crippen molar-refractivity contribution in [2.24, 2.45) is 11.7 Å². The Morgan fingerprint density at radius 1 is 1.06 bits per heavy atom. The highest BCUT2D eigenvalue weighted by molar-refractivity contribution is 7.89. The van der Waals surface area contributed by atoms with Crippen LogP contribution in [0.4, 0.5) is 0 Å². The molecule has 0 aliphatic carbocycles. The third-order valence-corrected chi connectivity index (χ3v) is 7.30. The number of benzene rings is 2. The molecule has 1 heterocycles. The number of piperidine rings is 1. The Balaban J connectivity index is 1.53. The Morgan fingerprint density at radius 3 is 2.26 bits per heavy atom. The highest BCUT2D eigenvalue weighted by Gasteiger charge is 2.25. The maximum Gasteiger partial charge on any atom is 0.241 e. The molecule has 0 radical (unpaired) electrons. The Kier molecular flexibility index (Phi) is 7.46. The van der Waals surface area contributed by atoms with Crippen molar-refractivity contribution in [3.05, 3.63) is 65.7 Å². The summed E-state index contributed by atoms with van der Waals surface area (Å²) in [6, 6.07) is 15.7. The number of primary amides is 1. The van der Waals surface area contributed by atoms with Crippen LogP contribution in [0.25, 0.3) is 0 Å². The summed E-state index contributed by atoms with van der Waals surface area (Å²) in [5.41, 5.74) is 7.12. The van der Waals surface area contributed by atoms with Crippen LogP contribution in [0.1, 0.15) is 43.4 Å². The summed E-state index contributed by atoms with van der Waals surface area (Å²) in [6.45, 7) is 2.91. The molecular weight excluding hydrogens is 414 g/mol. The summed E-state index contributed by atoms with van der Waals surface area (Å²) in [4.78, 5) is 25.6. The van der Waals surface area contributed by atoms with Gasteiger partial charge in [0, 0.05) is 31.5 Å². The zero-order valence-electron chi connectivity index (χ0n) is 17.7. The molecule has 0 unspecified atom stereocenters. The number of carbonyl (C=O) groups is 2. The minimum Gasteiger partial charge on any atom is -0.369 e. The Labute approximate surface area is 183 Å². The summed E-state index contributed by atoms with van der Waals surface area (Å²) in [7, 11) is -3.65. The van der Waals surface area contributed by atoms with Crippen molar-refractivity contribution in [1.82, 2.24) is 9.62 Å². The molecule has 3 rings (SSSR count). The fourth-order valence-electron chi connectivity index (χ4n) is 3.77. The molecule has 1 atom stereocenters. The number of likely N-dealkylation sites (tertiary alicyclic amines) is 1. The van der Waals surface area contributed by atoms with Gasteiger partial charge in [-0.1, -0.05) is 42.5 Å². The van der Waals surface area contributed by atoms with Crippen molar-refractivity contribution < 1.29 is 18.0 Å². The largest absolute Gasteiger partial charge is 0.369 e. The maximum absolute atomic E-state index is 12.7. The first-order chi connectivity index (χ1) is 14.8. The third-order valence-electron chi connectivity index (χ3n) is 5.74. The van der Waals surface area contributed by atoms with Gasteiger partial charge in [0.1, 0.15) is 0 Å². The lowest BCUT2D eigenvalue weighted by Crippen LogP contribution is -2.41. The van der Waals surface area contributed by atoms with Gasteiger partial charge in [0.05, 0.1) is 4.90 Å². The standard InChI is InChI=1S/C23H29N3O4S/c1-17(19-5-3-2-4-6-19)25-31(29,30)21-10-7-18(8-11-21)9-12-22(27)26-15-13-20(14-16-26)23(24)28/h2-8,10-11,17,20,25H,9,12-16H2,1H3,(H2,24,28)/t17-/m1/s1. The molecule has 2 aromatic carbocycles. The second-order valence-corrected chi connectivity index (χ2v) is 9.67. The summed E-state index contributed by atoms with van der Waals surface area (Å²) in [6.07, 6.45) is 2.10. The van der Waals surface area contributed by atoms with Gasteiger partial charge in [-0.25, -0.2) is 13.1 Å². The number of rotatable bonds is 8. The molecule has 2 aromatic rings. The van der Waals surface area contributed by atoms with Crippen LogP contribution in [0.5, 0.6) is 0 Å². The summed E-state index contributed by atoms with van der Waals surface area (Å²) >= 11 is 0. The summed E-state index contributed by atoms with van der Waals surface area (Å²) in [5, 5.41) is 0. The lowest BCUT2D eigenvalue weighted by molar-refractivity contribution is -0.134. The van der Waals surface area contributed by atoms with E-state index in [9.17, 15) is 18.0 Å². The maximum atomic E-state index is 12.7. The number of nitrogens with two attached hydrogens (primary N) is 1. The number of nitrogens with one attached hydrogen (secondary N) is 1. The van der Waals surface area contributed by atoms with Gasteiger partial charge < -0.3 is 10.6 Å². The fraction of sp³-hybridized carbons (Fsp3) is 0.391. The molecule has 31 heavy (non-hydrogen) atoms. The number of aryl methyl sites for hydroxylation is 1. The zero-order valence-corrected chi connectivity index (χ0v) is 18.5. The average Bonchev–Trinajstić information content (AvgIpc) is 2.78. The van der Waals surface area contributed by atoms with E-state index in [4.69, 9.17) is 5.73 Å². The number of hydrogen-bond acceptors (Lipinski definition) is 4. The number of carbonyl (C=O) groups excluding carboxylic acids is 2. The van der Waals surface area contributed by atoms with E-state index in [1.165, 1.54) is 0 Å². The fourth-order valence-corrected chi connectivity index (χ4v) is 5.00. The Morgan fingerprint density at radius 2 is 1.68 bits per heavy atom. The Bertz CT molecular complexity index is 999. The van der Waals surface area contributed by atoms with Crippen LogP contribution in [0.15, 0.2) is 59.5 Å². The monoisotopic (exact) mass is 443 g/mol. The van der Waals surface area contributed by atoms with E-state index in [2.05, 4.69) is 4.72 Å². The van der Waals surface area contributed by atoms with Gasteiger partial charge in [0.25, 0.3) is 0 Å². The minimum atomic E-state index is -3.65. The normalized spacial score (nSPS) is 16.1. The van der Waals surface area contributed by atoms with E-state index >= 15 is 0 Å². The van der Waals surface area contributed by atoms with Crippen LogP contribution >= 0.6 is 0 Å². The summed E-state index contributed by atoms with van der Waals surface area (Å²) in [5.74, 6) is -0.399. The predicted octanol–water partition coefficient (Wildman–Crippen LogP) is 2.38. The first kappa shape index (κ1) is 23.0. The smallest absolute Gasteiger partial charge is 0.241 e. The lowest BCUT2D eigenvalue weighted by Gasteiger charge is -2.30. The molecule has 7 nitrogen and oxygen atoms in total. The van der Waals surface area contributed by atoms with Crippen LogP contribution in [0, 0.1) is 5.92 Å². The number of hydrogen-bond donors (Lipinski definition) is 2. The highest BCUT2D eigenvalue weighted by atomic mass is 32.2. The van der Waals surface area contributed by atoms with Gasteiger partial charge in [0.2, 0.25) is 21.8 Å². The van der Waals surface area contributed by atoms with E-state index in [1.54, 1.807) is 36.1 Å². The van der Waals surface area contributed by atoms with Crippen molar-refractivity contribution >= 4 is 21.8 Å². The minimum absolute atomic E-state index is 0.0398. The van der Waals surface area contributed by atoms with Crippen molar-refractivity contribution in [1.29, 1.82) is 0 Å². The first-order valence-electron chi connectivity index (χ1n) is 10.5. The van der Waals surface area contributed by atoms with E-state index < -0.39 is 10.0 Å². The molecule has 1 fully saturated rings. The Hall–Kier alpha value is -2.71. The topological polar surface area (TPSA) is 110 Å². The van der Waals surface area contributed by atoms with Crippen molar-refractivity contribution in [2.75, 3.05) is 13.1 Å². The van der Waals surface area contributed by atoms with Crippen molar-refractivity contribution in [2.45, 2.75) is 43.5 Å². The van der Waals surface area contributed by atoms with Crippen LogP contribution in [-0.2, 0) is 26.0 Å². The van der Waals surface area contributed by atoms with Crippen molar-refractivity contribution in [3.63, 3.8) is 0 Å². The zero-order chi connectivity index (χ0) is 22.4. The highest BCUT2D eigenvalue weighted by Crippen LogP contribution is 2.19. The second kappa shape index (κ2) is 10.1. The van der Waals surface area contributed by atoms with Crippen LogP contribution in [-0.4, -0.2) is 38.2 Å². The lowest BCUT2D eigenvalue weighted by atomic mass is 9.96. The van der Waals surface area contributed by atoms with E-state index in [-0.39, 0.29) is 28.7 Å². The van der Waals surface area contributed by atoms with Gasteiger partial charge in [-0.05, 0) is 49.4 Å². The second-order valence-electron chi connectivity index (χ2n) is 7.96. The van der Waals surface area contributed by atoms with Gasteiger partial charge in [-0.2, -0.15) is 0 Å². The van der Waals surface area contributed by atoms with Crippen molar-refractivity contribution in [3.8, 4) is 0 Å². The first-order valence-corrected chi connectivity index (χ1v) is 12.0.